The highest BCUT2D eigenvalue weighted by atomic mass is 35.5. The van der Waals surface area contributed by atoms with Crippen LogP contribution in [0.15, 0.2) is 48.5 Å². The number of carbonyl (C=O) groups excluding carboxylic acids is 1. The van der Waals surface area contributed by atoms with E-state index in [0.717, 1.165) is 57.6 Å². The summed E-state index contributed by atoms with van der Waals surface area (Å²) in [5.74, 6) is 0.209. The molecule has 2 aromatic carbocycles. The van der Waals surface area contributed by atoms with Crippen LogP contribution in [0, 0.1) is 0 Å². The normalized spacial score (nSPS) is 18.8. The molecule has 0 radical (unpaired) electrons. The lowest BCUT2D eigenvalue weighted by atomic mass is 9.68. The summed E-state index contributed by atoms with van der Waals surface area (Å²) in [6.45, 7) is 3.89. The predicted molar refractivity (Wildman–Crippen MR) is 122 cm³/mol. The Balaban J connectivity index is 1.59. The number of anilines is 1. The fraction of sp³-hybridized carbons (Fsp3) is 0.480. The molecule has 160 valence electrons. The Labute approximate surface area is 184 Å². The second kappa shape index (κ2) is 9.40. The predicted octanol–water partition coefficient (Wildman–Crippen LogP) is 5.04. The number of morpholine rings is 1. The maximum atomic E-state index is 13.9. The summed E-state index contributed by atoms with van der Waals surface area (Å²) in [5, 5.41) is 0.700. The highest BCUT2D eigenvalue weighted by Crippen LogP contribution is 2.42. The number of hydrogen-bond acceptors (Lipinski definition) is 3. The molecule has 4 nitrogen and oxygen atoms in total. The van der Waals surface area contributed by atoms with E-state index in [2.05, 4.69) is 35.2 Å². The van der Waals surface area contributed by atoms with Crippen LogP contribution >= 0.6 is 11.6 Å². The first kappa shape index (κ1) is 21.2. The number of hydrogen-bond donors (Lipinski definition) is 0. The summed E-state index contributed by atoms with van der Waals surface area (Å²) in [6.07, 6.45) is 5.13. The maximum absolute atomic E-state index is 13.9. The van der Waals surface area contributed by atoms with E-state index in [1.54, 1.807) is 0 Å². The van der Waals surface area contributed by atoms with Crippen LogP contribution in [-0.2, 0) is 21.5 Å². The summed E-state index contributed by atoms with van der Waals surface area (Å²) in [4.78, 5) is 18.2. The molecule has 2 fully saturated rings. The Hall–Kier alpha value is -2.04. The zero-order valence-electron chi connectivity index (χ0n) is 17.8. The molecule has 0 bridgehead atoms. The molecule has 5 heteroatoms. The van der Waals surface area contributed by atoms with Gasteiger partial charge in [-0.3, -0.25) is 4.79 Å². The van der Waals surface area contributed by atoms with Crippen molar-refractivity contribution < 1.29 is 9.53 Å². The highest BCUT2D eigenvalue weighted by molar-refractivity contribution is 6.30. The van der Waals surface area contributed by atoms with E-state index in [0.29, 0.717) is 11.6 Å². The Bertz CT molecular complexity index is 873. The first-order valence-electron chi connectivity index (χ1n) is 11.0. The van der Waals surface area contributed by atoms with Crippen molar-refractivity contribution in [1.82, 2.24) is 4.90 Å². The van der Waals surface area contributed by atoms with E-state index in [-0.39, 0.29) is 5.91 Å². The standard InChI is InChI=1S/C25H31ClN2O2/c1-27(19-20-8-3-4-11-23(20)28-14-16-30-17-15-28)24(29)25(12-5-2-6-13-25)21-9-7-10-22(26)18-21/h3-4,7-11,18H,2,5-6,12-17,19H2,1H3. The lowest BCUT2D eigenvalue weighted by molar-refractivity contribution is -0.138. The fourth-order valence-corrected chi connectivity index (χ4v) is 5.21. The molecule has 2 aromatic rings. The largest absolute Gasteiger partial charge is 0.378 e. The summed E-state index contributed by atoms with van der Waals surface area (Å²) >= 11 is 6.31. The topological polar surface area (TPSA) is 32.8 Å². The van der Waals surface area contributed by atoms with Gasteiger partial charge in [-0.2, -0.15) is 0 Å². The van der Waals surface area contributed by atoms with Crippen molar-refractivity contribution in [2.24, 2.45) is 0 Å². The summed E-state index contributed by atoms with van der Waals surface area (Å²) in [7, 11) is 1.94. The van der Waals surface area contributed by atoms with E-state index < -0.39 is 5.41 Å². The van der Waals surface area contributed by atoms with Crippen LogP contribution in [0.5, 0.6) is 0 Å². The molecule has 2 aliphatic rings. The van der Waals surface area contributed by atoms with Crippen molar-refractivity contribution in [3.05, 3.63) is 64.7 Å². The monoisotopic (exact) mass is 426 g/mol. The lowest BCUT2D eigenvalue weighted by Gasteiger charge is -2.40. The third-order valence-electron chi connectivity index (χ3n) is 6.59. The minimum absolute atomic E-state index is 0.209. The number of nitrogens with zero attached hydrogens (tertiary/aromatic N) is 2. The molecule has 1 saturated heterocycles. The molecule has 4 rings (SSSR count). The number of benzene rings is 2. The van der Waals surface area contributed by atoms with E-state index in [1.807, 2.05) is 30.1 Å². The molecule has 0 unspecified atom stereocenters. The smallest absolute Gasteiger partial charge is 0.233 e. The van der Waals surface area contributed by atoms with Crippen molar-refractivity contribution in [2.45, 2.75) is 44.1 Å². The van der Waals surface area contributed by atoms with Gasteiger partial charge in [-0.15, -0.1) is 0 Å². The molecule has 0 spiro atoms. The van der Waals surface area contributed by atoms with Gasteiger partial charge in [0.15, 0.2) is 0 Å². The molecule has 1 saturated carbocycles. The number of para-hydroxylation sites is 1. The zero-order chi connectivity index (χ0) is 21.0. The highest BCUT2D eigenvalue weighted by Gasteiger charge is 2.42. The summed E-state index contributed by atoms with van der Waals surface area (Å²) in [6, 6.07) is 16.3. The minimum Gasteiger partial charge on any atom is -0.378 e. The van der Waals surface area contributed by atoms with Crippen molar-refractivity contribution in [3.8, 4) is 0 Å². The van der Waals surface area contributed by atoms with Crippen molar-refractivity contribution in [3.63, 3.8) is 0 Å². The lowest BCUT2D eigenvalue weighted by Crippen LogP contribution is -2.46. The molecule has 1 heterocycles. The molecular weight excluding hydrogens is 396 g/mol. The van der Waals surface area contributed by atoms with Crippen LogP contribution in [0.25, 0.3) is 0 Å². The van der Waals surface area contributed by atoms with Crippen molar-refractivity contribution in [1.29, 1.82) is 0 Å². The minimum atomic E-state index is -0.466. The average Bonchev–Trinajstić information content (AvgIpc) is 2.80. The van der Waals surface area contributed by atoms with Crippen LogP contribution in [0.1, 0.15) is 43.2 Å². The van der Waals surface area contributed by atoms with Gasteiger partial charge >= 0.3 is 0 Å². The number of likely N-dealkylation sites (N-methyl/N-ethyl adjacent to an activating group) is 1. The van der Waals surface area contributed by atoms with Crippen molar-refractivity contribution >= 4 is 23.2 Å². The third kappa shape index (κ3) is 4.35. The van der Waals surface area contributed by atoms with Gasteiger partial charge in [0.2, 0.25) is 5.91 Å². The molecule has 1 amide bonds. The van der Waals surface area contributed by atoms with Crippen LogP contribution in [0.3, 0.4) is 0 Å². The second-order valence-corrected chi connectivity index (χ2v) is 8.98. The van der Waals surface area contributed by atoms with Crippen LogP contribution in [0.2, 0.25) is 5.02 Å². The molecule has 1 aliphatic carbocycles. The van der Waals surface area contributed by atoms with E-state index in [1.165, 1.54) is 17.7 Å². The van der Waals surface area contributed by atoms with E-state index in [4.69, 9.17) is 16.3 Å². The first-order chi connectivity index (χ1) is 14.6. The van der Waals surface area contributed by atoms with Crippen LogP contribution in [-0.4, -0.2) is 44.2 Å². The third-order valence-corrected chi connectivity index (χ3v) is 6.83. The number of carbonyl (C=O) groups is 1. The second-order valence-electron chi connectivity index (χ2n) is 8.54. The van der Waals surface area contributed by atoms with Gasteiger partial charge in [-0.25, -0.2) is 0 Å². The van der Waals surface area contributed by atoms with E-state index >= 15 is 0 Å². The average molecular weight is 427 g/mol. The summed E-state index contributed by atoms with van der Waals surface area (Å²) < 4.78 is 5.51. The quantitative estimate of drug-likeness (QED) is 0.671. The molecule has 1 aliphatic heterocycles. The van der Waals surface area contributed by atoms with Gasteiger partial charge in [0.25, 0.3) is 0 Å². The first-order valence-corrected chi connectivity index (χ1v) is 11.4. The number of amides is 1. The molecule has 30 heavy (non-hydrogen) atoms. The van der Waals surface area contributed by atoms with Crippen LogP contribution < -0.4 is 4.90 Å². The zero-order valence-corrected chi connectivity index (χ0v) is 18.5. The van der Waals surface area contributed by atoms with E-state index in [9.17, 15) is 4.79 Å². The molecular formula is C25H31ClN2O2. The number of rotatable bonds is 5. The molecule has 0 N–H and O–H groups in total. The van der Waals surface area contributed by atoms with Crippen molar-refractivity contribution in [2.75, 3.05) is 38.3 Å². The maximum Gasteiger partial charge on any atom is 0.233 e. The van der Waals surface area contributed by atoms with Gasteiger partial charge in [0.05, 0.1) is 18.6 Å². The Kier molecular flexibility index (Phi) is 6.64. The van der Waals surface area contributed by atoms with Crippen LogP contribution in [0.4, 0.5) is 5.69 Å². The van der Waals surface area contributed by atoms with Gasteiger partial charge < -0.3 is 14.5 Å². The van der Waals surface area contributed by atoms with Gasteiger partial charge in [-0.1, -0.05) is 61.2 Å². The SMILES string of the molecule is CN(Cc1ccccc1N1CCOCC1)C(=O)C1(c2cccc(Cl)c2)CCCCC1. The molecule has 0 atom stereocenters. The Morgan fingerprint density at radius 3 is 2.53 bits per heavy atom. The Morgan fingerprint density at radius 2 is 1.80 bits per heavy atom. The van der Waals surface area contributed by atoms with Gasteiger partial charge in [0, 0.05) is 37.4 Å². The molecule has 0 aromatic heterocycles. The fourth-order valence-electron chi connectivity index (χ4n) is 5.02. The number of halogens is 1. The summed E-state index contributed by atoms with van der Waals surface area (Å²) in [5.41, 5.74) is 2.99. The number of ether oxygens (including phenoxy) is 1. The Morgan fingerprint density at radius 1 is 1.07 bits per heavy atom. The van der Waals surface area contributed by atoms with Gasteiger partial charge in [0.1, 0.15) is 0 Å². The van der Waals surface area contributed by atoms with Gasteiger partial charge in [-0.05, 0) is 42.2 Å².